The highest BCUT2D eigenvalue weighted by Crippen LogP contribution is 2.23. The zero-order chi connectivity index (χ0) is 20.7. The zero-order valence-corrected chi connectivity index (χ0v) is 16.3. The number of carboxylic acid groups (broad SMARTS) is 1. The first-order chi connectivity index (χ1) is 13.2. The lowest BCUT2D eigenvalue weighted by atomic mass is 10.1. The molecule has 0 fully saturated rings. The highest BCUT2D eigenvalue weighted by molar-refractivity contribution is 7.89. The van der Waals surface area contributed by atoms with Gasteiger partial charge in [0, 0.05) is 11.6 Å². The van der Waals surface area contributed by atoms with E-state index in [1.165, 1.54) is 12.1 Å². The van der Waals surface area contributed by atoms with Crippen LogP contribution in [0.3, 0.4) is 0 Å². The Balaban J connectivity index is 2.08. The number of rotatable bonds is 9. The fraction of sp³-hybridized carbons (Fsp3) is 0.222. The molecule has 1 unspecified atom stereocenters. The van der Waals surface area contributed by atoms with E-state index in [1.54, 1.807) is 24.3 Å². The van der Waals surface area contributed by atoms with Crippen molar-refractivity contribution in [2.45, 2.75) is 23.8 Å². The van der Waals surface area contributed by atoms with E-state index in [1.807, 2.05) is 12.1 Å². The molecule has 8 nitrogen and oxygen atoms in total. The lowest BCUT2D eigenvalue weighted by molar-refractivity contribution is -0.139. The van der Waals surface area contributed by atoms with Gasteiger partial charge in [0.2, 0.25) is 10.0 Å². The minimum Gasteiger partial charge on any atom is -0.480 e. The summed E-state index contributed by atoms with van der Waals surface area (Å²) in [6.07, 6.45) is 0.246. The number of carbonyl (C=O) groups excluding carboxylic acids is 1. The van der Waals surface area contributed by atoms with E-state index in [0.29, 0.717) is 5.02 Å². The van der Waals surface area contributed by atoms with Gasteiger partial charge < -0.3 is 16.2 Å². The molecule has 5 N–H and O–H groups in total. The summed E-state index contributed by atoms with van der Waals surface area (Å²) in [6.45, 7) is 0.149. The summed E-state index contributed by atoms with van der Waals surface area (Å²) >= 11 is 5.86. The molecule has 1 atom stereocenters. The number of benzene rings is 2. The van der Waals surface area contributed by atoms with Gasteiger partial charge in [-0.05, 0) is 48.2 Å². The summed E-state index contributed by atoms with van der Waals surface area (Å²) in [4.78, 5) is 21.9. The number of urea groups is 1. The van der Waals surface area contributed by atoms with Gasteiger partial charge in [0.15, 0.2) is 0 Å². The average molecular weight is 426 g/mol. The number of nitrogens with one attached hydrogen (secondary N) is 2. The van der Waals surface area contributed by atoms with Gasteiger partial charge in [0.25, 0.3) is 0 Å². The van der Waals surface area contributed by atoms with Crippen molar-refractivity contribution in [3.05, 3.63) is 53.6 Å². The van der Waals surface area contributed by atoms with Gasteiger partial charge in [0.1, 0.15) is 6.04 Å². The second kappa shape index (κ2) is 9.54. The van der Waals surface area contributed by atoms with Gasteiger partial charge in [0.05, 0.1) is 4.90 Å². The second-order valence-electron chi connectivity index (χ2n) is 5.98. The molecule has 0 aliphatic heterocycles. The molecule has 2 aromatic carbocycles. The first kappa shape index (κ1) is 21.7. The molecule has 0 radical (unpaired) electrons. The molecule has 150 valence electrons. The maximum atomic E-state index is 12.5. The molecular weight excluding hydrogens is 406 g/mol. The number of amides is 2. The van der Waals surface area contributed by atoms with Gasteiger partial charge in [-0.3, -0.25) is 4.79 Å². The van der Waals surface area contributed by atoms with E-state index in [-0.39, 0.29) is 24.3 Å². The number of primary amides is 1. The minimum absolute atomic E-state index is 0.00228. The summed E-state index contributed by atoms with van der Waals surface area (Å²) < 4.78 is 27.2. The van der Waals surface area contributed by atoms with Crippen molar-refractivity contribution in [2.75, 3.05) is 6.54 Å². The molecular formula is C18H20ClN3O5S. The van der Waals surface area contributed by atoms with E-state index in [2.05, 4.69) is 10.0 Å². The van der Waals surface area contributed by atoms with Crippen LogP contribution in [0.4, 0.5) is 4.79 Å². The Morgan fingerprint density at radius 3 is 2.07 bits per heavy atom. The van der Waals surface area contributed by atoms with Crippen LogP contribution in [-0.4, -0.2) is 38.1 Å². The number of carbonyl (C=O) groups is 2. The number of nitrogens with two attached hydrogens (primary N) is 1. The predicted molar refractivity (Wildman–Crippen MR) is 105 cm³/mol. The maximum Gasteiger partial charge on any atom is 0.321 e. The quantitative estimate of drug-likeness (QED) is 0.456. The van der Waals surface area contributed by atoms with E-state index in [4.69, 9.17) is 17.3 Å². The molecule has 0 heterocycles. The van der Waals surface area contributed by atoms with Crippen molar-refractivity contribution < 1.29 is 23.1 Å². The van der Waals surface area contributed by atoms with Crippen LogP contribution in [0, 0.1) is 0 Å². The Labute approximate surface area is 167 Å². The van der Waals surface area contributed by atoms with Crippen LogP contribution < -0.4 is 15.8 Å². The summed E-state index contributed by atoms with van der Waals surface area (Å²) in [6, 6.07) is 11.1. The Morgan fingerprint density at radius 2 is 1.57 bits per heavy atom. The van der Waals surface area contributed by atoms with Crippen molar-refractivity contribution in [3.63, 3.8) is 0 Å². The first-order valence-electron chi connectivity index (χ1n) is 8.33. The summed E-state index contributed by atoms with van der Waals surface area (Å²) in [5.41, 5.74) is 6.59. The first-order valence-corrected chi connectivity index (χ1v) is 10.2. The summed E-state index contributed by atoms with van der Waals surface area (Å²) in [5.74, 6) is -1.31. The topological polar surface area (TPSA) is 139 Å². The fourth-order valence-electron chi connectivity index (χ4n) is 2.47. The Hall–Kier alpha value is -2.62. The highest BCUT2D eigenvalue weighted by atomic mass is 35.5. The van der Waals surface area contributed by atoms with Crippen LogP contribution >= 0.6 is 11.6 Å². The molecule has 2 amide bonds. The largest absolute Gasteiger partial charge is 0.480 e. The van der Waals surface area contributed by atoms with E-state index in [9.17, 15) is 23.1 Å². The number of halogens is 1. The van der Waals surface area contributed by atoms with Crippen molar-refractivity contribution in [1.29, 1.82) is 0 Å². The van der Waals surface area contributed by atoms with Gasteiger partial charge >= 0.3 is 12.0 Å². The van der Waals surface area contributed by atoms with Gasteiger partial charge in [-0.25, -0.2) is 13.2 Å². The number of aliphatic carboxylic acids is 1. The van der Waals surface area contributed by atoms with Crippen LogP contribution in [0.1, 0.15) is 12.8 Å². The summed E-state index contributed by atoms with van der Waals surface area (Å²) in [5, 5.41) is 12.2. The third-order valence-electron chi connectivity index (χ3n) is 3.91. The molecule has 0 aromatic heterocycles. The molecule has 28 heavy (non-hydrogen) atoms. The molecule has 2 aromatic rings. The van der Waals surface area contributed by atoms with Crippen LogP contribution in [0.5, 0.6) is 0 Å². The molecule has 0 saturated heterocycles. The standard InChI is InChI=1S/C18H20ClN3O5S/c19-14-7-3-12(4-8-14)13-5-9-15(10-6-13)28(26,27)22-16(17(23)24)2-1-11-21-18(20)25/h3-10,16,22H,1-2,11H2,(H,23,24)(H3,20,21,25). The van der Waals surface area contributed by atoms with E-state index < -0.39 is 28.1 Å². The number of sulfonamides is 1. The van der Waals surface area contributed by atoms with Crippen molar-refractivity contribution in [2.24, 2.45) is 5.73 Å². The molecule has 0 aliphatic rings. The van der Waals surface area contributed by atoms with Crippen LogP contribution in [0.15, 0.2) is 53.4 Å². The molecule has 0 bridgehead atoms. The molecule has 0 spiro atoms. The second-order valence-corrected chi connectivity index (χ2v) is 8.13. The van der Waals surface area contributed by atoms with Crippen molar-refractivity contribution in [3.8, 4) is 11.1 Å². The molecule has 10 heteroatoms. The monoisotopic (exact) mass is 425 g/mol. The number of hydrogen-bond acceptors (Lipinski definition) is 4. The summed E-state index contributed by atoms with van der Waals surface area (Å²) in [7, 11) is -4.03. The van der Waals surface area contributed by atoms with Gasteiger partial charge in [-0.2, -0.15) is 4.72 Å². The highest BCUT2D eigenvalue weighted by Gasteiger charge is 2.25. The van der Waals surface area contributed by atoms with E-state index >= 15 is 0 Å². The van der Waals surface area contributed by atoms with Crippen molar-refractivity contribution in [1.82, 2.24) is 10.0 Å². The maximum absolute atomic E-state index is 12.5. The normalized spacial score (nSPS) is 12.3. The molecule has 2 rings (SSSR count). The molecule has 0 saturated carbocycles. The lowest BCUT2D eigenvalue weighted by Gasteiger charge is -2.15. The van der Waals surface area contributed by atoms with Gasteiger partial charge in [-0.1, -0.05) is 35.9 Å². The fourth-order valence-corrected chi connectivity index (χ4v) is 3.82. The zero-order valence-electron chi connectivity index (χ0n) is 14.8. The minimum atomic E-state index is -4.03. The van der Waals surface area contributed by atoms with Crippen molar-refractivity contribution >= 4 is 33.6 Å². The van der Waals surface area contributed by atoms with Gasteiger partial charge in [-0.15, -0.1) is 0 Å². The van der Waals surface area contributed by atoms with Crippen LogP contribution in [0.25, 0.3) is 11.1 Å². The predicted octanol–water partition coefficient (Wildman–Crippen LogP) is 2.19. The SMILES string of the molecule is NC(=O)NCCCC(NS(=O)(=O)c1ccc(-c2ccc(Cl)cc2)cc1)C(=O)O. The van der Waals surface area contributed by atoms with Crippen LogP contribution in [0.2, 0.25) is 5.02 Å². The lowest BCUT2D eigenvalue weighted by Crippen LogP contribution is -2.41. The number of carboxylic acids is 1. The number of hydrogen-bond donors (Lipinski definition) is 4. The van der Waals surface area contributed by atoms with Crippen LogP contribution in [-0.2, 0) is 14.8 Å². The molecule has 0 aliphatic carbocycles. The Morgan fingerprint density at radius 1 is 1.04 bits per heavy atom. The average Bonchev–Trinajstić information content (AvgIpc) is 2.64. The van der Waals surface area contributed by atoms with E-state index in [0.717, 1.165) is 11.1 Å². The smallest absolute Gasteiger partial charge is 0.321 e. The Bertz CT molecular complexity index is 931. The Kier molecular flexibility index (Phi) is 7.38. The third kappa shape index (κ3) is 6.22. The third-order valence-corrected chi connectivity index (χ3v) is 5.65.